The molecule has 2 aliphatic rings. The highest BCUT2D eigenvalue weighted by Crippen LogP contribution is 2.28. The Hall–Kier alpha value is -1.06. The van der Waals surface area contributed by atoms with Crippen LogP contribution in [0.25, 0.3) is 0 Å². The van der Waals surface area contributed by atoms with E-state index in [2.05, 4.69) is 30.6 Å². The second-order valence-corrected chi connectivity index (χ2v) is 5.33. The number of benzene rings is 1. The van der Waals surface area contributed by atoms with Crippen molar-refractivity contribution in [3.63, 3.8) is 0 Å². The number of nitrogens with one attached hydrogen (secondary N) is 1. The molecule has 1 atom stereocenters. The zero-order valence-corrected chi connectivity index (χ0v) is 10.9. The lowest BCUT2D eigenvalue weighted by Gasteiger charge is -2.18. The Bertz CT molecular complexity index is 413. The highest BCUT2D eigenvalue weighted by atomic mass is 16.7. The summed E-state index contributed by atoms with van der Waals surface area (Å²) in [6.45, 7) is 2.96. The molecule has 0 radical (unpaired) electrons. The van der Waals surface area contributed by atoms with Crippen molar-refractivity contribution in [3.05, 3.63) is 29.3 Å². The van der Waals surface area contributed by atoms with Crippen molar-refractivity contribution in [2.24, 2.45) is 0 Å². The third-order valence-electron chi connectivity index (χ3n) is 3.93. The molecule has 18 heavy (non-hydrogen) atoms. The highest BCUT2D eigenvalue weighted by molar-refractivity contribution is 5.40. The van der Waals surface area contributed by atoms with E-state index in [1.165, 1.54) is 36.8 Å². The predicted octanol–water partition coefficient (Wildman–Crippen LogP) is 3.15. The van der Waals surface area contributed by atoms with E-state index in [1.54, 1.807) is 0 Å². The second kappa shape index (κ2) is 5.29. The van der Waals surface area contributed by atoms with Crippen LogP contribution in [0.15, 0.2) is 18.2 Å². The van der Waals surface area contributed by atoms with E-state index < -0.39 is 0 Å². The van der Waals surface area contributed by atoms with Crippen LogP contribution in [0.5, 0.6) is 5.75 Å². The van der Waals surface area contributed by atoms with Gasteiger partial charge < -0.3 is 4.74 Å². The number of hydrogen-bond acceptors (Lipinski definition) is 3. The van der Waals surface area contributed by atoms with Gasteiger partial charge in [-0.15, -0.1) is 0 Å². The summed E-state index contributed by atoms with van der Waals surface area (Å²) in [4.78, 5) is 5.76. The number of hydrogen-bond donors (Lipinski definition) is 1. The molecule has 98 valence electrons. The van der Waals surface area contributed by atoms with E-state index in [1.807, 2.05) is 0 Å². The lowest BCUT2D eigenvalue weighted by Crippen LogP contribution is -2.24. The molecule has 1 aliphatic carbocycles. The van der Waals surface area contributed by atoms with Crippen LogP contribution < -0.4 is 10.2 Å². The molecule has 1 unspecified atom stereocenters. The SMILES string of the molecule is CC(NOC1CCCC1)c1ccc2c(c1)CCO2. The highest BCUT2D eigenvalue weighted by Gasteiger charge is 2.18. The van der Waals surface area contributed by atoms with Gasteiger partial charge in [0.05, 0.1) is 18.8 Å². The first kappa shape index (κ1) is 12.0. The van der Waals surface area contributed by atoms with E-state index in [4.69, 9.17) is 9.57 Å². The van der Waals surface area contributed by atoms with E-state index in [0.717, 1.165) is 18.8 Å². The molecular weight excluding hydrogens is 226 g/mol. The predicted molar refractivity (Wildman–Crippen MR) is 70.5 cm³/mol. The summed E-state index contributed by atoms with van der Waals surface area (Å²) in [5.74, 6) is 1.04. The maximum absolute atomic E-state index is 5.76. The van der Waals surface area contributed by atoms with E-state index in [9.17, 15) is 0 Å². The molecule has 3 rings (SSSR count). The normalized spacial score (nSPS) is 20.7. The van der Waals surface area contributed by atoms with Crippen LogP contribution in [0.2, 0.25) is 0 Å². The van der Waals surface area contributed by atoms with Crippen LogP contribution in [-0.4, -0.2) is 12.7 Å². The topological polar surface area (TPSA) is 30.5 Å². The van der Waals surface area contributed by atoms with Gasteiger partial charge >= 0.3 is 0 Å². The average molecular weight is 247 g/mol. The number of ether oxygens (including phenoxy) is 1. The fourth-order valence-corrected chi connectivity index (χ4v) is 2.75. The van der Waals surface area contributed by atoms with Crippen molar-refractivity contribution in [2.45, 2.75) is 51.2 Å². The Morgan fingerprint density at radius 3 is 3.00 bits per heavy atom. The van der Waals surface area contributed by atoms with E-state index in [-0.39, 0.29) is 6.04 Å². The van der Waals surface area contributed by atoms with Gasteiger partial charge in [-0.2, -0.15) is 5.48 Å². The quantitative estimate of drug-likeness (QED) is 0.829. The first-order chi connectivity index (χ1) is 8.83. The molecule has 1 saturated carbocycles. The molecule has 0 amide bonds. The fourth-order valence-electron chi connectivity index (χ4n) is 2.75. The number of fused-ring (bicyclic) bond motifs is 1. The molecule has 1 N–H and O–H groups in total. The van der Waals surface area contributed by atoms with Crippen LogP contribution in [0.4, 0.5) is 0 Å². The van der Waals surface area contributed by atoms with Crippen molar-refractivity contribution in [1.82, 2.24) is 5.48 Å². The molecule has 0 saturated heterocycles. The Balaban J connectivity index is 1.59. The number of hydroxylamine groups is 1. The minimum Gasteiger partial charge on any atom is -0.493 e. The summed E-state index contributed by atoms with van der Waals surface area (Å²) >= 11 is 0. The zero-order chi connectivity index (χ0) is 12.4. The van der Waals surface area contributed by atoms with Gasteiger partial charge in [-0.25, -0.2) is 0 Å². The summed E-state index contributed by atoms with van der Waals surface area (Å²) in [6.07, 6.45) is 6.42. The number of rotatable bonds is 4. The molecule has 0 spiro atoms. The van der Waals surface area contributed by atoms with Gasteiger partial charge in [0.25, 0.3) is 0 Å². The third-order valence-corrected chi connectivity index (χ3v) is 3.93. The Morgan fingerprint density at radius 1 is 1.33 bits per heavy atom. The Kier molecular flexibility index (Phi) is 3.52. The average Bonchev–Trinajstić information content (AvgIpc) is 3.05. The van der Waals surface area contributed by atoms with Crippen LogP contribution in [0, 0.1) is 0 Å². The molecular formula is C15H21NO2. The Morgan fingerprint density at radius 2 is 2.17 bits per heavy atom. The largest absolute Gasteiger partial charge is 0.493 e. The van der Waals surface area contributed by atoms with E-state index in [0.29, 0.717) is 6.10 Å². The molecule has 1 aliphatic heterocycles. The maximum atomic E-state index is 5.76. The summed E-state index contributed by atoms with van der Waals surface area (Å²) in [5, 5.41) is 0. The Labute approximate surface area is 108 Å². The first-order valence-corrected chi connectivity index (χ1v) is 7.00. The maximum Gasteiger partial charge on any atom is 0.122 e. The van der Waals surface area contributed by atoms with E-state index >= 15 is 0 Å². The molecule has 0 aromatic heterocycles. The molecule has 1 heterocycles. The van der Waals surface area contributed by atoms with Crippen molar-refractivity contribution >= 4 is 0 Å². The first-order valence-electron chi connectivity index (χ1n) is 7.00. The van der Waals surface area contributed by atoms with Crippen LogP contribution in [0.1, 0.15) is 49.8 Å². The molecule has 1 fully saturated rings. The van der Waals surface area contributed by atoms with Crippen molar-refractivity contribution < 1.29 is 9.57 Å². The fraction of sp³-hybridized carbons (Fsp3) is 0.600. The summed E-state index contributed by atoms with van der Waals surface area (Å²) < 4.78 is 5.52. The summed E-state index contributed by atoms with van der Waals surface area (Å²) in [6, 6.07) is 6.67. The zero-order valence-electron chi connectivity index (χ0n) is 10.9. The van der Waals surface area contributed by atoms with Crippen LogP contribution in [0.3, 0.4) is 0 Å². The van der Waals surface area contributed by atoms with Crippen LogP contribution in [-0.2, 0) is 11.3 Å². The second-order valence-electron chi connectivity index (χ2n) is 5.33. The third kappa shape index (κ3) is 2.52. The molecule has 3 heteroatoms. The molecule has 1 aromatic carbocycles. The van der Waals surface area contributed by atoms with Gasteiger partial charge in [-0.05, 0) is 37.0 Å². The minimum atomic E-state index is 0.233. The summed E-state index contributed by atoms with van der Waals surface area (Å²) in [5.41, 5.74) is 5.79. The van der Waals surface area contributed by atoms with Crippen LogP contribution >= 0.6 is 0 Å². The lowest BCUT2D eigenvalue weighted by atomic mass is 10.0. The monoisotopic (exact) mass is 247 g/mol. The molecule has 3 nitrogen and oxygen atoms in total. The lowest BCUT2D eigenvalue weighted by molar-refractivity contribution is -0.0376. The summed E-state index contributed by atoms with van der Waals surface area (Å²) in [7, 11) is 0. The van der Waals surface area contributed by atoms with Gasteiger partial charge in [0.15, 0.2) is 0 Å². The van der Waals surface area contributed by atoms with Gasteiger partial charge in [0.2, 0.25) is 0 Å². The molecule has 1 aromatic rings. The van der Waals surface area contributed by atoms with Crippen molar-refractivity contribution in [3.8, 4) is 5.75 Å². The van der Waals surface area contributed by atoms with Gasteiger partial charge in [-0.3, -0.25) is 4.84 Å². The standard InChI is InChI=1S/C15H21NO2/c1-11(16-18-14-4-2-3-5-14)12-6-7-15-13(10-12)8-9-17-15/h6-7,10-11,14,16H,2-5,8-9H2,1H3. The smallest absolute Gasteiger partial charge is 0.122 e. The minimum absolute atomic E-state index is 0.233. The van der Waals surface area contributed by atoms with Gasteiger partial charge in [0, 0.05) is 6.42 Å². The molecule has 0 bridgehead atoms. The van der Waals surface area contributed by atoms with Gasteiger partial charge in [-0.1, -0.05) is 25.0 Å². The van der Waals surface area contributed by atoms with Crippen molar-refractivity contribution in [2.75, 3.05) is 6.61 Å². The van der Waals surface area contributed by atoms with Crippen molar-refractivity contribution in [1.29, 1.82) is 0 Å². The van der Waals surface area contributed by atoms with Gasteiger partial charge in [0.1, 0.15) is 5.75 Å².